The van der Waals surface area contributed by atoms with Gasteiger partial charge in [0.1, 0.15) is 0 Å². The summed E-state index contributed by atoms with van der Waals surface area (Å²) in [5, 5.41) is 4.50. The zero-order valence-corrected chi connectivity index (χ0v) is 14.8. The van der Waals surface area contributed by atoms with Gasteiger partial charge < -0.3 is 4.90 Å². The minimum atomic E-state index is -0.583. The van der Waals surface area contributed by atoms with E-state index in [9.17, 15) is 9.59 Å². The Hall–Kier alpha value is -3.15. The van der Waals surface area contributed by atoms with Gasteiger partial charge in [-0.3, -0.25) is 14.2 Å². The maximum atomic E-state index is 12.5. The van der Waals surface area contributed by atoms with Crippen molar-refractivity contribution in [3.8, 4) is 0 Å². The van der Waals surface area contributed by atoms with Crippen LogP contribution in [-0.2, 0) is 13.1 Å². The second kappa shape index (κ2) is 6.29. The van der Waals surface area contributed by atoms with Gasteiger partial charge in [-0.05, 0) is 31.5 Å². The fraction of sp³-hybridized carbons (Fsp3) is 0.250. The zero-order valence-electron chi connectivity index (χ0n) is 14.8. The first kappa shape index (κ1) is 16.3. The molecule has 0 atom stereocenters. The van der Waals surface area contributed by atoms with Gasteiger partial charge in [-0.25, -0.2) is 4.68 Å². The maximum Gasteiger partial charge on any atom is 0.333 e. The summed E-state index contributed by atoms with van der Waals surface area (Å²) in [7, 11) is 0. The molecule has 0 N–H and O–H groups in total. The normalized spacial score (nSPS) is 13.1. The molecule has 132 valence electrons. The first-order valence-electron chi connectivity index (χ1n) is 8.64. The number of hydrogen-bond acceptors (Lipinski definition) is 4. The van der Waals surface area contributed by atoms with Crippen molar-refractivity contribution < 1.29 is 0 Å². The van der Waals surface area contributed by atoms with E-state index in [1.165, 1.54) is 14.8 Å². The third-order valence-electron chi connectivity index (χ3n) is 4.70. The monoisotopic (exact) mass is 348 g/mol. The van der Waals surface area contributed by atoms with Crippen molar-refractivity contribution in [3.63, 3.8) is 0 Å². The largest absolute Gasteiger partial charge is 0.333 e. The Labute approximate surface area is 150 Å². The molecule has 4 rings (SSSR count). The van der Waals surface area contributed by atoms with Crippen molar-refractivity contribution >= 4 is 11.6 Å². The average Bonchev–Trinajstić information content (AvgIpc) is 3.06. The zero-order chi connectivity index (χ0) is 18.3. The first-order valence-corrected chi connectivity index (χ1v) is 8.64. The number of aromatic nitrogens is 3. The van der Waals surface area contributed by atoms with Crippen LogP contribution in [0.15, 0.2) is 58.1 Å². The van der Waals surface area contributed by atoms with Gasteiger partial charge in [-0.15, -0.1) is 5.10 Å². The third kappa shape index (κ3) is 2.83. The molecule has 0 aliphatic carbocycles. The third-order valence-corrected chi connectivity index (χ3v) is 4.70. The molecular weight excluding hydrogens is 328 g/mol. The molecular formula is C20H20N4O2. The Morgan fingerprint density at radius 1 is 0.846 bits per heavy atom. The molecule has 6 heteroatoms. The van der Waals surface area contributed by atoms with Gasteiger partial charge in [0.15, 0.2) is 0 Å². The quantitative estimate of drug-likeness (QED) is 0.681. The molecule has 0 unspecified atom stereocenters. The molecule has 0 amide bonds. The summed E-state index contributed by atoms with van der Waals surface area (Å²) >= 11 is 0. The van der Waals surface area contributed by atoms with Gasteiger partial charge in [-0.1, -0.05) is 47.5 Å². The van der Waals surface area contributed by atoms with Crippen LogP contribution in [0.2, 0.25) is 0 Å². The minimum absolute atomic E-state index is 0.282. The van der Waals surface area contributed by atoms with Crippen LogP contribution in [0.5, 0.6) is 0 Å². The predicted molar refractivity (Wildman–Crippen MR) is 101 cm³/mol. The Bertz CT molecular complexity index is 1060. The van der Waals surface area contributed by atoms with Crippen molar-refractivity contribution in [3.05, 3.63) is 85.9 Å². The fourth-order valence-electron chi connectivity index (χ4n) is 3.17. The Kier molecular flexibility index (Phi) is 3.95. The lowest BCUT2D eigenvalue weighted by Gasteiger charge is -2.18. The number of anilines is 2. The molecule has 0 bridgehead atoms. The predicted octanol–water partition coefficient (Wildman–Crippen LogP) is 2.22. The SMILES string of the molecule is Cc1ccc(Cn2nc3n(c(=O)c2=O)CCN3c2ccc(C)cc2)cc1. The molecule has 26 heavy (non-hydrogen) atoms. The highest BCUT2D eigenvalue weighted by Crippen LogP contribution is 2.26. The highest BCUT2D eigenvalue weighted by atomic mass is 16.2. The van der Waals surface area contributed by atoms with Crippen LogP contribution in [0.4, 0.5) is 11.6 Å². The summed E-state index contributed by atoms with van der Waals surface area (Å²) in [6.07, 6.45) is 0. The molecule has 0 saturated heterocycles. The molecule has 1 aromatic heterocycles. The van der Waals surface area contributed by atoms with E-state index in [4.69, 9.17) is 0 Å². The highest BCUT2D eigenvalue weighted by Gasteiger charge is 2.25. The standard InChI is InChI=1S/C20H20N4O2/c1-14-3-7-16(8-4-14)13-24-19(26)18(25)23-12-11-22(20(23)21-24)17-9-5-15(2)6-10-17/h3-10H,11-13H2,1-2H3. The van der Waals surface area contributed by atoms with Gasteiger partial charge >= 0.3 is 11.1 Å². The topological polar surface area (TPSA) is 60.1 Å². The summed E-state index contributed by atoms with van der Waals surface area (Å²) in [6.45, 7) is 5.41. The Morgan fingerprint density at radius 3 is 2.12 bits per heavy atom. The van der Waals surface area contributed by atoms with Crippen LogP contribution in [0.1, 0.15) is 16.7 Å². The van der Waals surface area contributed by atoms with E-state index in [0.717, 1.165) is 16.8 Å². The van der Waals surface area contributed by atoms with E-state index in [0.29, 0.717) is 19.0 Å². The summed E-state index contributed by atoms with van der Waals surface area (Å²) < 4.78 is 2.74. The molecule has 3 aromatic rings. The smallest absolute Gasteiger partial charge is 0.309 e. The van der Waals surface area contributed by atoms with E-state index in [1.54, 1.807) is 0 Å². The number of rotatable bonds is 3. The van der Waals surface area contributed by atoms with Gasteiger partial charge in [0.05, 0.1) is 6.54 Å². The number of fused-ring (bicyclic) bond motifs is 1. The van der Waals surface area contributed by atoms with E-state index < -0.39 is 11.1 Å². The van der Waals surface area contributed by atoms with Crippen molar-refractivity contribution in [1.82, 2.24) is 14.3 Å². The van der Waals surface area contributed by atoms with Gasteiger partial charge in [0.25, 0.3) is 0 Å². The Morgan fingerprint density at radius 2 is 1.46 bits per heavy atom. The maximum absolute atomic E-state index is 12.5. The van der Waals surface area contributed by atoms with Crippen LogP contribution in [0.25, 0.3) is 0 Å². The van der Waals surface area contributed by atoms with Gasteiger partial charge in [-0.2, -0.15) is 0 Å². The number of benzene rings is 2. The number of nitrogens with zero attached hydrogens (tertiary/aromatic N) is 4. The molecule has 2 heterocycles. The van der Waals surface area contributed by atoms with E-state index in [-0.39, 0.29) is 6.54 Å². The average molecular weight is 348 g/mol. The van der Waals surface area contributed by atoms with Gasteiger partial charge in [0.2, 0.25) is 5.95 Å². The summed E-state index contributed by atoms with van der Waals surface area (Å²) in [6, 6.07) is 15.9. The lowest BCUT2D eigenvalue weighted by Crippen LogP contribution is -2.42. The van der Waals surface area contributed by atoms with Crippen LogP contribution in [0.3, 0.4) is 0 Å². The molecule has 0 spiro atoms. The van der Waals surface area contributed by atoms with Crippen LogP contribution < -0.4 is 16.0 Å². The molecule has 1 aliphatic rings. The second-order valence-electron chi connectivity index (χ2n) is 6.69. The lowest BCUT2D eigenvalue weighted by molar-refractivity contribution is 0.591. The van der Waals surface area contributed by atoms with E-state index in [2.05, 4.69) is 5.10 Å². The molecule has 0 saturated carbocycles. The fourth-order valence-corrected chi connectivity index (χ4v) is 3.17. The van der Waals surface area contributed by atoms with Crippen LogP contribution in [-0.4, -0.2) is 20.9 Å². The second-order valence-corrected chi connectivity index (χ2v) is 6.69. The number of hydrogen-bond donors (Lipinski definition) is 0. The summed E-state index contributed by atoms with van der Waals surface area (Å²) in [5.41, 5.74) is 3.12. The highest BCUT2D eigenvalue weighted by molar-refractivity contribution is 5.59. The van der Waals surface area contributed by atoms with Gasteiger partial charge in [0, 0.05) is 18.8 Å². The van der Waals surface area contributed by atoms with Crippen LogP contribution in [0, 0.1) is 13.8 Å². The number of aryl methyl sites for hydroxylation is 2. The molecule has 1 aliphatic heterocycles. The van der Waals surface area contributed by atoms with Crippen molar-refractivity contribution in [2.75, 3.05) is 11.4 Å². The minimum Gasteiger partial charge on any atom is -0.309 e. The Balaban J connectivity index is 1.76. The van der Waals surface area contributed by atoms with Crippen molar-refractivity contribution in [2.24, 2.45) is 0 Å². The summed E-state index contributed by atoms with van der Waals surface area (Å²) in [4.78, 5) is 26.9. The lowest BCUT2D eigenvalue weighted by atomic mass is 10.1. The van der Waals surface area contributed by atoms with Crippen molar-refractivity contribution in [2.45, 2.75) is 26.9 Å². The molecule has 0 fully saturated rings. The summed E-state index contributed by atoms with van der Waals surface area (Å²) in [5.74, 6) is 0.519. The molecule has 6 nitrogen and oxygen atoms in total. The first-order chi connectivity index (χ1) is 12.5. The molecule has 0 radical (unpaired) electrons. The van der Waals surface area contributed by atoms with E-state index >= 15 is 0 Å². The van der Waals surface area contributed by atoms with Crippen molar-refractivity contribution in [1.29, 1.82) is 0 Å². The van der Waals surface area contributed by atoms with E-state index in [1.807, 2.05) is 67.3 Å². The molecule has 2 aromatic carbocycles. The van der Waals surface area contributed by atoms with Crippen LogP contribution >= 0.6 is 0 Å².